The van der Waals surface area contributed by atoms with Gasteiger partial charge in [-0.05, 0) is 13.1 Å². The fourth-order valence-electron chi connectivity index (χ4n) is 2.31. The van der Waals surface area contributed by atoms with Gasteiger partial charge in [0.05, 0.1) is 0 Å². The number of carbonyl (C=O) groups excluding carboxylic acids is 1. The van der Waals surface area contributed by atoms with Crippen LogP contribution in [0.2, 0.25) is 0 Å². The maximum absolute atomic E-state index is 11.6. The largest absolute Gasteiger partial charge is 0.354 e. The van der Waals surface area contributed by atoms with Crippen molar-refractivity contribution in [1.29, 1.82) is 0 Å². The minimum absolute atomic E-state index is 0.228. The zero-order valence-electron chi connectivity index (χ0n) is 13.2. The molecular weight excluding hydrogens is 296 g/mol. The Hall–Kier alpha value is -2.52. The van der Waals surface area contributed by atoms with Crippen LogP contribution >= 0.6 is 0 Å². The lowest BCUT2D eigenvalue weighted by atomic mass is 10.4. The van der Waals surface area contributed by atoms with Crippen molar-refractivity contribution in [2.45, 2.75) is 0 Å². The van der Waals surface area contributed by atoms with Crippen molar-refractivity contribution in [1.82, 2.24) is 35.0 Å². The van der Waals surface area contributed by atoms with Gasteiger partial charge in [0, 0.05) is 45.5 Å². The number of piperazine rings is 1. The summed E-state index contributed by atoms with van der Waals surface area (Å²) in [5.41, 5.74) is 3.63. The van der Waals surface area contributed by atoms with Crippen LogP contribution in [0, 0.1) is 0 Å². The summed E-state index contributed by atoms with van der Waals surface area (Å²) in [5.74, 6) is 1.08. The molecule has 23 heavy (non-hydrogen) atoms. The molecule has 122 valence electrons. The minimum atomic E-state index is -0.228. The molecule has 1 aliphatic heterocycles. The molecule has 2 aromatic rings. The lowest BCUT2D eigenvalue weighted by Crippen LogP contribution is -2.47. The van der Waals surface area contributed by atoms with Crippen molar-refractivity contribution in [2.75, 3.05) is 45.7 Å². The lowest BCUT2D eigenvalue weighted by Gasteiger charge is -2.32. The molecule has 0 atom stereocenters. The van der Waals surface area contributed by atoms with E-state index in [1.807, 2.05) is 0 Å². The van der Waals surface area contributed by atoms with Crippen molar-refractivity contribution in [3.8, 4) is 5.82 Å². The summed E-state index contributed by atoms with van der Waals surface area (Å²) in [6, 6.07) is 3.45. The van der Waals surface area contributed by atoms with Crippen molar-refractivity contribution in [2.24, 2.45) is 0 Å². The highest BCUT2D eigenvalue weighted by molar-refractivity contribution is 5.91. The molecule has 0 aliphatic carbocycles. The van der Waals surface area contributed by atoms with E-state index in [0.29, 0.717) is 17.3 Å². The molecule has 1 fully saturated rings. The topological polar surface area (TPSA) is 91.2 Å². The predicted octanol–water partition coefficient (Wildman–Crippen LogP) is -0.404. The van der Waals surface area contributed by atoms with Gasteiger partial charge >= 0.3 is 0 Å². The summed E-state index contributed by atoms with van der Waals surface area (Å²) in [7, 11) is 3.69. The Morgan fingerprint density at radius 2 is 2.00 bits per heavy atom. The Morgan fingerprint density at radius 3 is 2.74 bits per heavy atom. The van der Waals surface area contributed by atoms with Crippen LogP contribution in [0.25, 0.3) is 5.82 Å². The van der Waals surface area contributed by atoms with Crippen molar-refractivity contribution in [3.63, 3.8) is 0 Å². The van der Waals surface area contributed by atoms with Gasteiger partial charge in [-0.1, -0.05) is 0 Å². The SMILES string of the molecule is CNC(=O)c1ccn(-c2cc(NN3CCN(C)CC3)ncn2)n1. The van der Waals surface area contributed by atoms with Crippen molar-refractivity contribution >= 4 is 11.7 Å². The number of anilines is 1. The molecular formula is C14H20N8O. The van der Waals surface area contributed by atoms with Crippen LogP contribution in [0.3, 0.4) is 0 Å². The monoisotopic (exact) mass is 316 g/mol. The number of hydrogen-bond acceptors (Lipinski definition) is 7. The molecule has 0 unspecified atom stereocenters. The van der Waals surface area contributed by atoms with E-state index in [1.165, 1.54) is 6.33 Å². The number of aromatic nitrogens is 4. The van der Waals surface area contributed by atoms with Crippen LogP contribution in [0.1, 0.15) is 10.5 Å². The number of rotatable bonds is 4. The Morgan fingerprint density at radius 1 is 1.22 bits per heavy atom. The van der Waals surface area contributed by atoms with Gasteiger partial charge in [-0.25, -0.2) is 19.7 Å². The molecule has 3 rings (SSSR count). The standard InChI is InChI=1S/C14H20N8O/c1-15-14(23)11-3-4-22(18-11)13-9-12(16-10-17-13)19-21-7-5-20(2)6-8-21/h3-4,9-10H,5-8H2,1-2H3,(H,15,23)(H,16,17,19). The fourth-order valence-corrected chi connectivity index (χ4v) is 2.31. The van der Waals surface area contributed by atoms with Gasteiger partial charge in [-0.15, -0.1) is 0 Å². The third-order valence-corrected chi connectivity index (χ3v) is 3.71. The highest BCUT2D eigenvalue weighted by Gasteiger charge is 2.14. The van der Waals surface area contributed by atoms with Crippen LogP contribution in [0.5, 0.6) is 0 Å². The number of nitrogens with one attached hydrogen (secondary N) is 2. The number of likely N-dealkylation sites (N-methyl/N-ethyl adjacent to an activating group) is 1. The lowest BCUT2D eigenvalue weighted by molar-refractivity contribution is 0.0957. The highest BCUT2D eigenvalue weighted by Crippen LogP contribution is 2.11. The van der Waals surface area contributed by atoms with Gasteiger partial charge in [0.25, 0.3) is 5.91 Å². The number of hydrazine groups is 1. The molecule has 0 radical (unpaired) electrons. The number of hydrogen-bond donors (Lipinski definition) is 2. The summed E-state index contributed by atoms with van der Waals surface area (Å²) >= 11 is 0. The molecule has 1 aliphatic rings. The number of nitrogens with zero attached hydrogens (tertiary/aromatic N) is 6. The smallest absolute Gasteiger partial charge is 0.271 e. The molecule has 0 aromatic carbocycles. The molecule has 1 amide bonds. The van der Waals surface area contributed by atoms with Gasteiger partial charge in [-0.3, -0.25) is 4.79 Å². The molecule has 9 heteroatoms. The molecule has 0 bridgehead atoms. The van der Waals surface area contributed by atoms with E-state index in [2.05, 4.69) is 42.8 Å². The van der Waals surface area contributed by atoms with Crippen molar-refractivity contribution < 1.29 is 4.79 Å². The van der Waals surface area contributed by atoms with E-state index in [9.17, 15) is 4.79 Å². The average Bonchev–Trinajstić information content (AvgIpc) is 3.07. The zero-order valence-corrected chi connectivity index (χ0v) is 13.2. The predicted molar refractivity (Wildman–Crippen MR) is 85.2 cm³/mol. The summed E-state index contributed by atoms with van der Waals surface area (Å²) in [6.45, 7) is 3.88. The molecule has 2 aromatic heterocycles. The van der Waals surface area contributed by atoms with E-state index < -0.39 is 0 Å². The maximum Gasteiger partial charge on any atom is 0.271 e. The molecule has 9 nitrogen and oxygen atoms in total. The first kappa shape index (κ1) is 15.4. The summed E-state index contributed by atoms with van der Waals surface area (Å²) in [6.07, 6.45) is 3.18. The number of carbonyl (C=O) groups is 1. The molecule has 3 heterocycles. The molecule has 2 N–H and O–H groups in total. The average molecular weight is 316 g/mol. The van der Waals surface area contributed by atoms with Crippen LogP contribution in [0.15, 0.2) is 24.7 Å². The molecule has 0 saturated carbocycles. The fraction of sp³-hybridized carbons (Fsp3) is 0.429. The van der Waals surface area contributed by atoms with Crippen molar-refractivity contribution in [3.05, 3.63) is 30.4 Å². The van der Waals surface area contributed by atoms with Gasteiger partial charge in [-0.2, -0.15) is 5.10 Å². The Kier molecular flexibility index (Phi) is 4.49. The van der Waals surface area contributed by atoms with E-state index >= 15 is 0 Å². The first-order chi connectivity index (χ1) is 11.2. The zero-order chi connectivity index (χ0) is 16.2. The van der Waals surface area contributed by atoms with Gasteiger partial charge < -0.3 is 15.6 Å². The van der Waals surface area contributed by atoms with Gasteiger partial charge in [0.15, 0.2) is 11.5 Å². The van der Waals surface area contributed by atoms with Crippen LogP contribution in [0.4, 0.5) is 5.82 Å². The Balaban J connectivity index is 1.72. The second-order valence-electron chi connectivity index (χ2n) is 5.39. The van der Waals surface area contributed by atoms with Crippen LogP contribution < -0.4 is 10.7 Å². The third-order valence-electron chi connectivity index (χ3n) is 3.71. The van der Waals surface area contributed by atoms with E-state index in [4.69, 9.17) is 0 Å². The summed E-state index contributed by atoms with van der Waals surface area (Å²) < 4.78 is 1.56. The first-order valence-electron chi connectivity index (χ1n) is 7.46. The van der Waals surface area contributed by atoms with E-state index in [-0.39, 0.29) is 5.91 Å². The Bertz CT molecular complexity index is 677. The quantitative estimate of drug-likeness (QED) is 0.793. The van der Waals surface area contributed by atoms with Crippen LogP contribution in [-0.4, -0.2) is 75.8 Å². The maximum atomic E-state index is 11.6. The molecule has 0 spiro atoms. The highest BCUT2D eigenvalue weighted by atomic mass is 16.1. The summed E-state index contributed by atoms with van der Waals surface area (Å²) in [4.78, 5) is 22.3. The second-order valence-corrected chi connectivity index (χ2v) is 5.39. The second kappa shape index (κ2) is 6.71. The normalized spacial score (nSPS) is 16.3. The van der Waals surface area contributed by atoms with Gasteiger partial charge in [0.1, 0.15) is 12.1 Å². The summed E-state index contributed by atoms with van der Waals surface area (Å²) in [5, 5.41) is 8.89. The molecule has 1 saturated heterocycles. The first-order valence-corrected chi connectivity index (χ1v) is 7.46. The minimum Gasteiger partial charge on any atom is -0.354 e. The third kappa shape index (κ3) is 3.63. The number of amides is 1. The van der Waals surface area contributed by atoms with Crippen LogP contribution in [-0.2, 0) is 0 Å². The Labute approximate surface area is 134 Å². The van der Waals surface area contributed by atoms with E-state index in [0.717, 1.165) is 26.2 Å². The van der Waals surface area contributed by atoms with Gasteiger partial charge in [0.2, 0.25) is 0 Å². The van der Waals surface area contributed by atoms with E-state index in [1.54, 1.807) is 30.1 Å².